The summed E-state index contributed by atoms with van der Waals surface area (Å²) in [6, 6.07) is 5.30. The highest BCUT2D eigenvalue weighted by molar-refractivity contribution is 5.07. The SMILES string of the molecule is c1cnc(OC[C@H]2CN(C3CCC3)Cc3ccnn32)nc1. The molecule has 0 amide bonds. The van der Waals surface area contributed by atoms with Crippen LogP contribution in [0, 0.1) is 0 Å². The molecular weight excluding hydrogens is 266 g/mol. The first-order valence-corrected chi connectivity index (χ1v) is 7.56. The summed E-state index contributed by atoms with van der Waals surface area (Å²) >= 11 is 0. The van der Waals surface area contributed by atoms with Crippen LogP contribution in [-0.2, 0) is 6.54 Å². The Balaban J connectivity index is 1.48. The molecule has 1 saturated carbocycles. The van der Waals surface area contributed by atoms with Gasteiger partial charge in [-0.3, -0.25) is 9.58 Å². The van der Waals surface area contributed by atoms with E-state index in [0.717, 1.165) is 19.1 Å². The summed E-state index contributed by atoms with van der Waals surface area (Å²) in [4.78, 5) is 10.8. The highest BCUT2D eigenvalue weighted by atomic mass is 16.5. The summed E-state index contributed by atoms with van der Waals surface area (Å²) in [6.07, 6.45) is 9.28. The van der Waals surface area contributed by atoms with Crippen molar-refractivity contribution >= 4 is 0 Å². The minimum atomic E-state index is 0.230. The first-order chi connectivity index (χ1) is 10.4. The van der Waals surface area contributed by atoms with Crippen molar-refractivity contribution < 1.29 is 4.74 Å². The first kappa shape index (κ1) is 12.8. The second-order valence-electron chi connectivity index (χ2n) is 5.78. The van der Waals surface area contributed by atoms with Gasteiger partial charge >= 0.3 is 6.01 Å². The average Bonchev–Trinajstić information content (AvgIpc) is 2.92. The number of rotatable bonds is 4. The number of ether oxygens (including phenoxy) is 1. The predicted octanol–water partition coefficient (Wildman–Crippen LogP) is 1.66. The fraction of sp³-hybridized carbons (Fsp3) is 0.533. The van der Waals surface area contributed by atoms with Crippen molar-refractivity contribution in [2.75, 3.05) is 13.2 Å². The lowest BCUT2D eigenvalue weighted by molar-refractivity contribution is 0.0588. The first-order valence-electron chi connectivity index (χ1n) is 7.56. The molecule has 110 valence electrons. The third-order valence-electron chi connectivity index (χ3n) is 4.45. The monoisotopic (exact) mass is 285 g/mol. The number of hydrogen-bond acceptors (Lipinski definition) is 5. The van der Waals surface area contributed by atoms with E-state index >= 15 is 0 Å². The smallest absolute Gasteiger partial charge is 0.316 e. The molecule has 1 atom stereocenters. The summed E-state index contributed by atoms with van der Waals surface area (Å²) < 4.78 is 7.84. The maximum Gasteiger partial charge on any atom is 0.316 e. The number of fused-ring (bicyclic) bond motifs is 1. The topological polar surface area (TPSA) is 56.1 Å². The van der Waals surface area contributed by atoms with Crippen LogP contribution in [0.4, 0.5) is 0 Å². The summed E-state index contributed by atoms with van der Waals surface area (Å²) in [5, 5.41) is 4.46. The Hall–Kier alpha value is -1.95. The van der Waals surface area contributed by atoms with Gasteiger partial charge in [0.1, 0.15) is 6.61 Å². The summed E-state index contributed by atoms with van der Waals surface area (Å²) in [7, 11) is 0. The molecule has 4 rings (SSSR count). The largest absolute Gasteiger partial charge is 0.461 e. The van der Waals surface area contributed by atoms with Crippen molar-refractivity contribution in [1.29, 1.82) is 0 Å². The van der Waals surface area contributed by atoms with Gasteiger partial charge in [-0.1, -0.05) is 6.42 Å². The maximum atomic E-state index is 5.74. The van der Waals surface area contributed by atoms with E-state index in [1.807, 2.05) is 6.20 Å². The van der Waals surface area contributed by atoms with E-state index in [4.69, 9.17) is 4.74 Å². The van der Waals surface area contributed by atoms with Gasteiger partial charge in [-0.05, 0) is 25.0 Å². The van der Waals surface area contributed by atoms with Crippen LogP contribution < -0.4 is 4.74 Å². The Labute approximate surface area is 123 Å². The Morgan fingerprint density at radius 1 is 1.19 bits per heavy atom. The van der Waals surface area contributed by atoms with Crippen molar-refractivity contribution in [3.05, 3.63) is 36.4 Å². The van der Waals surface area contributed by atoms with E-state index in [1.165, 1.54) is 25.0 Å². The van der Waals surface area contributed by atoms with E-state index in [0.29, 0.717) is 12.6 Å². The second kappa shape index (κ2) is 5.44. The molecule has 2 aromatic heterocycles. The molecule has 2 aliphatic rings. The highest BCUT2D eigenvalue weighted by Gasteiger charge is 2.32. The highest BCUT2D eigenvalue weighted by Crippen LogP contribution is 2.30. The third kappa shape index (κ3) is 2.51. The number of nitrogens with zero attached hydrogens (tertiary/aromatic N) is 5. The van der Waals surface area contributed by atoms with Crippen LogP contribution in [0.5, 0.6) is 6.01 Å². The lowest BCUT2D eigenvalue weighted by Crippen LogP contribution is -2.47. The van der Waals surface area contributed by atoms with Gasteiger partial charge in [0.15, 0.2) is 0 Å². The lowest BCUT2D eigenvalue weighted by atomic mass is 9.90. The molecule has 2 aromatic rings. The van der Waals surface area contributed by atoms with Crippen molar-refractivity contribution in [2.24, 2.45) is 0 Å². The van der Waals surface area contributed by atoms with Gasteiger partial charge in [0.25, 0.3) is 0 Å². The Bertz CT molecular complexity index is 595. The van der Waals surface area contributed by atoms with Gasteiger partial charge in [0.2, 0.25) is 0 Å². The fourth-order valence-corrected chi connectivity index (χ4v) is 3.10. The van der Waals surface area contributed by atoms with Gasteiger partial charge in [-0.2, -0.15) is 5.10 Å². The predicted molar refractivity (Wildman–Crippen MR) is 76.8 cm³/mol. The molecule has 0 saturated heterocycles. The molecule has 3 heterocycles. The van der Waals surface area contributed by atoms with E-state index in [1.54, 1.807) is 18.5 Å². The van der Waals surface area contributed by atoms with Gasteiger partial charge in [0.05, 0.1) is 11.7 Å². The minimum Gasteiger partial charge on any atom is -0.461 e. The van der Waals surface area contributed by atoms with Crippen LogP contribution in [-0.4, -0.2) is 43.8 Å². The quantitative estimate of drug-likeness (QED) is 0.855. The molecule has 1 aliphatic heterocycles. The zero-order valence-corrected chi connectivity index (χ0v) is 11.9. The normalized spacial score (nSPS) is 22.6. The van der Waals surface area contributed by atoms with E-state index in [9.17, 15) is 0 Å². The average molecular weight is 285 g/mol. The molecule has 21 heavy (non-hydrogen) atoms. The van der Waals surface area contributed by atoms with Gasteiger partial charge in [-0.15, -0.1) is 0 Å². The Kier molecular flexibility index (Phi) is 3.31. The number of aromatic nitrogens is 4. The molecule has 1 aliphatic carbocycles. The minimum absolute atomic E-state index is 0.230. The van der Waals surface area contributed by atoms with Gasteiger partial charge < -0.3 is 4.74 Å². The third-order valence-corrected chi connectivity index (χ3v) is 4.45. The maximum absolute atomic E-state index is 5.74. The molecule has 0 bridgehead atoms. The summed E-state index contributed by atoms with van der Waals surface area (Å²) in [6.45, 7) is 2.55. The van der Waals surface area contributed by atoms with Gasteiger partial charge in [0, 0.05) is 37.7 Å². The van der Waals surface area contributed by atoms with Crippen molar-refractivity contribution in [2.45, 2.75) is 37.9 Å². The molecule has 0 radical (unpaired) electrons. The molecule has 0 N–H and O–H groups in total. The van der Waals surface area contributed by atoms with E-state index in [-0.39, 0.29) is 6.04 Å². The summed E-state index contributed by atoms with van der Waals surface area (Å²) in [5.41, 5.74) is 1.27. The van der Waals surface area contributed by atoms with Crippen LogP contribution in [0.15, 0.2) is 30.7 Å². The van der Waals surface area contributed by atoms with Gasteiger partial charge in [-0.25, -0.2) is 9.97 Å². The van der Waals surface area contributed by atoms with Crippen LogP contribution in [0.3, 0.4) is 0 Å². The van der Waals surface area contributed by atoms with Crippen LogP contribution in [0.2, 0.25) is 0 Å². The van der Waals surface area contributed by atoms with Crippen LogP contribution >= 0.6 is 0 Å². The Morgan fingerprint density at radius 3 is 2.81 bits per heavy atom. The fourth-order valence-electron chi connectivity index (χ4n) is 3.10. The van der Waals surface area contributed by atoms with Crippen molar-refractivity contribution in [3.63, 3.8) is 0 Å². The standard InChI is InChI=1S/C15H19N5O/c1-3-12(4-1)19-9-13-5-8-18-20(13)14(10-19)11-21-15-16-6-2-7-17-15/h2,5-8,12,14H,1,3-4,9-11H2/t14-/m1/s1. The molecule has 0 aromatic carbocycles. The van der Waals surface area contributed by atoms with Crippen LogP contribution in [0.25, 0.3) is 0 Å². The molecule has 0 unspecified atom stereocenters. The lowest BCUT2D eigenvalue weighted by Gasteiger charge is -2.42. The Morgan fingerprint density at radius 2 is 2.05 bits per heavy atom. The zero-order chi connectivity index (χ0) is 14.1. The molecule has 6 nitrogen and oxygen atoms in total. The second-order valence-corrected chi connectivity index (χ2v) is 5.78. The van der Waals surface area contributed by atoms with Crippen molar-refractivity contribution in [3.8, 4) is 6.01 Å². The van der Waals surface area contributed by atoms with Crippen molar-refractivity contribution in [1.82, 2.24) is 24.6 Å². The molecule has 1 fully saturated rings. The molecular formula is C15H19N5O. The van der Waals surface area contributed by atoms with E-state index in [2.05, 4.69) is 30.7 Å². The van der Waals surface area contributed by atoms with Crippen LogP contribution in [0.1, 0.15) is 31.0 Å². The summed E-state index contributed by atoms with van der Waals surface area (Å²) in [5.74, 6) is 0. The number of hydrogen-bond donors (Lipinski definition) is 0. The zero-order valence-electron chi connectivity index (χ0n) is 11.9. The molecule has 0 spiro atoms. The van der Waals surface area contributed by atoms with E-state index < -0.39 is 0 Å². The molecule has 6 heteroatoms.